The second-order valence-corrected chi connectivity index (χ2v) is 6.73. The van der Waals surface area contributed by atoms with E-state index in [9.17, 15) is 9.59 Å². The number of ether oxygens (including phenoxy) is 2. The van der Waals surface area contributed by atoms with E-state index < -0.39 is 23.4 Å². The second kappa shape index (κ2) is 6.86. The highest BCUT2D eigenvalue weighted by atomic mass is 16.8. The maximum absolute atomic E-state index is 11.9. The van der Waals surface area contributed by atoms with Crippen molar-refractivity contribution in [3.8, 4) is 0 Å². The van der Waals surface area contributed by atoms with E-state index in [1.807, 2.05) is 42.5 Å². The number of hydrogen-bond donors (Lipinski definition) is 1. The Hall–Kier alpha value is -2.30. The predicted octanol–water partition coefficient (Wildman–Crippen LogP) is 4.28. The van der Waals surface area contributed by atoms with Gasteiger partial charge in [0.15, 0.2) is 0 Å². The highest BCUT2D eigenvalue weighted by molar-refractivity contribution is 5.81. The Kier molecular flexibility index (Phi) is 5.08. The van der Waals surface area contributed by atoms with Crippen LogP contribution < -0.4 is 5.32 Å². The molecule has 2 rings (SSSR count). The van der Waals surface area contributed by atoms with Gasteiger partial charge in [0.1, 0.15) is 5.60 Å². The van der Waals surface area contributed by atoms with E-state index in [1.165, 1.54) is 0 Å². The topological polar surface area (TPSA) is 64.6 Å². The van der Waals surface area contributed by atoms with Gasteiger partial charge in [-0.05, 0) is 45.6 Å². The minimum absolute atomic E-state index is 0.449. The monoisotopic (exact) mass is 317 g/mol. The van der Waals surface area contributed by atoms with Crippen LogP contribution >= 0.6 is 0 Å². The van der Waals surface area contributed by atoms with Crippen molar-refractivity contribution in [1.29, 1.82) is 0 Å². The SMILES string of the molecule is CC(C)(C)OC(=O)OC(=O)NC1(C=Cc2ccccc2)CCC1. The van der Waals surface area contributed by atoms with Crippen molar-refractivity contribution in [2.24, 2.45) is 0 Å². The van der Waals surface area contributed by atoms with Gasteiger partial charge in [-0.1, -0.05) is 42.5 Å². The van der Waals surface area contributed by atoms with E-state index >= 15 is 0 Å². The van der Waals surface area contributed by atoms with Gasteiger partial charge < -0.3 is 14.8 Å². The lowest BCUT2D eigenvalue weighted by atomic mass is 9.76. The molecular formula is C18H23NO4. The first-order chi connectivity index (χ1) is 10.8. The molecule has 1 amide bonds. The molecule has 1 aromatic rings. The zero-order valence-electron chi connectivity index (χ0n) is 13.8. The number of carbonyl (C=O) groups is 2. The zero-order valence-corrected chi connectivity index (χ0v) is 13.8. The number of amides is 1. The first kappa shape index (κ1) is 17.1. The fourth-order valence-corrected chi connectivity index (χ4v) is 2.29. The fourth-order valence-electron chi connectivity index (χ4n) is 2.29. The number of benzene rings is 1. The summed E-state index contributed by atoms with van der Waals surface area (Å²) in [5, 5.41) is 2.77. The molecule has 0 aliphatic heterocycles. The summed E-state index contributed by atoms with van der Waals surface area (Å²) in [6.07, 6.45) is 4.81. The highest BCUT2D eigenvalue weighted by Crippen LogP contribution is 2.34. The summed E-state index contributed by atoms with van der Waals surface area (Å²) in [6, 6.07) is 9.84. The van der Waals surface area contributed by atoms with E-state index in [4.69, 9.17) is 4.74 Å². The minimum atomic E-state index is -0.989. The van der Waals surface area contributed by atoms with Gasteiger partial charge in [-0.15, -0.1) is 0 Å². The largest absolute Gasteiger partial charge is 0.517 e. The van der Waals surface area contributed by atoms with Gasteiger partial charge in [0.25, 0.3) is 0 Å². The van der Waals surface area contributed by atoms with Crippen LogP contribution in [-0.2, 0) is 9.47 Å². The third-order valence-corrected chi connectivity index (χ3v) is 3.56. The second-order valence-electron chi connectivity index (χ2n) is 6.73. The van der Waals surface area contributed by atoms with Gasteiger partial charge >= 0.3 is 12.2 Å². The van der Waals surface area contributed by atoms with Crippen molar-refractivity contribution in [2.75, 3.05) is 0 Å². The quantitative estimate of drug-likeness (QED) is 0.667. The van der Waals surface area contributed by atoms with E-state index in [-0.39, 0.29) is 0 Å². The summed E-state index contributed by atoms with van der Waals surface area (Å²) in [6.45, 7) is 5.13. The predicted molar refractivity (Wildman–Crippen MR) is 87.9 cm³/mol. The lowest BCUT2D eigenvalue weighted by molar-refractivity contribution is 0.00735. The third kappa shape index (κ3) is 5.43. The van der Waals surface area contributed by atoms with Crippen LogP contribution in [0.5, 0.6) is 0 Å². The summed E-state index contributed by atoms with van der Waals surface area (Å²) >= 11 is 0. The van der Waals surface area contributed by atoms with Gasteiger partial charge in [-0.2, -0.15) is 0 Å². The molecule has 0 saturated heterocycles. The standard InChI is InChI=1S/C18H23NO4/c1-17(2,3)23-16(21)22-15(20)19-18(11-7-12-18)13-10-14-8-5-4-6-9-14/h4-6,8-10,13H,7,11-12H2,1-3H3,(H,19,20). The van der Waals surface area contributed by atoms with Crippen LogP contribution in [0.1, 0.15) is 45.6 Å². The molecule has 1 aliphatic rings. The smallest absolute Gasteiger partial charge is 0.428 e. The maximum atomic E-state index is 11.9. The molecule has 124 valence electrons. The van der Waals surface area contributed by atoms with Crippen molar-refractivity contribution in [1.82, 2.24) is 5.32 Å². The Labute approximate surface area is 136 Å². The van der Waals surface area contributed by atoms with Crippen molar-refractivity contribution in [3.63, 3.8) is 0 Å². The molecule has 0 bridgehead atoms. The number of nitrogens with one attached hydrogen (secondary N) is 1. The summed E-state index contributed by atoms with van der Waals surface area (Å²) in [5.74, 6) is 0. The van der Waals surface area contributed by atoms with Crippen LogP contribution in [0.2, 0.25) is 0 Å². The highest BCUT2D eigenvalue weighted by Gasteiger charge is 2.37. The van der Waals surface area contributed by atoms with Gasteiger partial charge in [0, 0.05) is 0 Å². The molecule has 1 aromatic carbocycles. The van der Waals surface area contributed by atoms with Crippen molar-refractivity contribution < 1.29 is 19.1 Å². The molecule has 5 nitrogen and oxygen atoms in total. The number of carbonyl (C=O) groups excluding carboxylic acids is 2. The fraction of sp³-hybridized carbons (Fsp3) is 0.444. The Morgan fingerprint density at radius 3 is 2.35 bits per heavy atom. The minimum Gasteiger partial charge on any atom is -0.428 e. The molecule has 0 aromatic heterocycles. The lowest BCUT2D eigenvalue weighted by Crippen LogP contribution is -2.52. The van der Waals surface area contributed by atoms with Crippen LogP contribution in [0, 0.1) is 0 Å². The summed E-state index contributed by atoms with van der Waals surface area (Å²) < 4.78 is 9.63. The average molecular weight is 317 g/mol. The lowest BCUT2D eigenvalue weighted by Gasteiger charge is -2.39. The number of alkyl carbamates (subject to hydrolysis) is 1. The van der Waals surface area contributed by atoms with Crippen LogP contribution in [0.25, 0.3) is 6.08 Å². The molecule has 0 radical (unpaired) electrons. The third-order valence-electron chi connectivity index (χ3n) is 3.56. The van der Waals surface area contributed by atoms with Crippen LogP contribution in [-0.4, -0.2) is 23.4 Å². The Morgan fingerprint density at radius 2 is 1.83 bits per heavy atom. The Bertz CT molecular complexity index is 583. The summed E-state index contributed by atoms with van der Waals surface area (Å²) in [7, 11) is 0. The summed E-state index contributed by atoms with van der Waals surface area (Å²) in [4.78, 5) is 23.4. The number of hydrogen-bond acceptors (Lipinski definition) is 4. The Morgan fingerprint density at radius 1 is 1.17 bits per heavy atom. The molecule has 23 heavy (non-hydrogen) atoms. The van der Waals surface area contributed by atoms with E-state index in [0.717, 1.165) is 24.8 Å². The molecule has 1 saturated carbocycles. The molecule has 1 aliphatic carbocycles. The molecular weight excluding hydrogens is 294 g/mol. The van der Waals surface area contributed by atoms with E-state index in [1.54, 1.807) is 20.8 Å². The summed E-state index contributed by atoms with van der Waals surface area (Å²) in [5.41, 5.74) is -0.0886. The Balaban J connectivity index is 1.92. The molecule has 5 heteroatoms. The van der Waals surface area contributed by atoms with Gasteiger partial charge in [-0.25, -0.2) is 9.59 Å². The van der Waals surface area contributed by atoms with Crippen molar-refractivity contribution in [2.45, 2.75) is 51.2 Å². The normalized spacial score (nSPS) is 16.5. The van der Waals surface area contributed by atoms with Crippen LogP contribution in [0.4, 0.5) is 9.59 Å². The van der Waals surface area contributed by atoms with Crippen molar-refractivity contribution in [3.05, 3.63) is 42.0 Å². The molecule has 1 N–H and O–H groups in total. The maximum Gasteiger partial charge on any atom is 0.517 e. The van der Waals surface area contributed by atoms with E-state index in [2.05, 4.69) is 10.1 Å². The van der Waals surface area contributed by atoms with Gasteiger partial charge in [-0.3, -0.25) is 0 Å². The van der Waals surface area contributed by atoms with Crippen LogP contribution in [0.3, 0.4) is 0 Å². The molecule has 0 unspecified atom stereocenters. The van der Waals surface area contributed by atoms with Crippen LogP contribution in [0.15, 0.2) is 36.4 Å². The first-order valence-electron chi connectivity index (χ1n) is 7.75. The average Bonchev–Trinajstić information content (AvgIpc) is 2.40. The molecule has 0 atom stereocenters. The van der Waals surface area contributed by atoms with Gasteiger partial charge in [0.2, 0.25) is 0 Å². The molecule has 0 heterocycles. The van der Waals surface area contributed by atoms with Gasteiger partial charge in [0.05, 0.1) is 5.54 Å². The molecule has 0 spiro atoms. The van der Waals surface area contributed by atoms with E-state index in [0.29, 0.717) is 0 Å². The first-order valence-corrected chi connectivity index (χ1v) is 7.75. The number of rotatable bonds is 3. The van der Waals surface area contributed by atoms with Crippen molar-refractivity contribution >= 4 is 18.3 Å². The zero-order chi connectivity index (χ0) is 16.9. The molecule has 1 fully saturated rings.